The molecule has 28 heavy (non-hydrogen) atoms. The molecule has 2 aliphatic heterocycles. The quantitative estimate of drug-likeness (QED) is 0.726. The van der Waals surface area contributed by atoms with Crippen LogP contribution in [0.25, 0.3) is 0 Å². The van der Waals surface area contributed by atoms with Gasteiger partial charge in [0.05, 0.1) is 11.5 Å². The smallest absolute Gasteiger partial charge is 0.257 e. The van der Waals surface area contributed by atoms with Gasteiger partial charge in [0.15, 0.2) is 17.5 Å². The highest BCUT2D eigenvalue weighted by Crippen LogP contribution is 2.22. The summed E-state index contributed by atoms with van der Waals surface area (Å²) >= 11 is 0. The number of nitrogens with zero attached hydrogens (tertiary/aromatic N) is 3. The van der Waals surface area contributed by atoms with Gasteiger partial charge in [0.25, 0.3) is 5.91 Å². The second kappa shape index (κ2) is 8.20. The summed E-state index contributed by atoms with van der Waals surface area (Å²) < 4.78 is 40.3. The number of carbonyl (C=O) groups is 3. The van der Waals surface area contributed by atoms with Crippen LogP contribution in [0, 0.1) is 23.4 Å². The zero-order chi connectivity index (χ0) is 20.4. The Bertz CT molecular complexity index is 794. The van der Waals surface area contributed by atoms with Crippen LogP contribution >= 0.6 is 0 Å². The Morgan fingerprint density at radius 1 is 1.04 bits per heavy atom. The average Bonchev–Trinajstić information content (AvgIpc) is 3.06. The van der Waals surface area contributed by atoms with Gasteiger partial charge in [-0.25, -0.2) is 13.2 Å². The number of halogens is 3. The monoisotopic (exact) mass is 397 g/mol. The molecule has 0 aliphatic carbocycles. The van der Waals surface area contributed by atoms with Gasteiger partial charge in [0, 0.05) is 45.7 Å². The highest BCUT2D eigenvalue weighted by atomic mass is 19.2. The maximum atomic E-state index is 13.8. The maximum absolute atomic E-state index is 13.8. The SMILES string of the molecule is CCCN1CC(C(=O)N2CCN(C(=O)c3ccc(F)c(F)c3F)CC2)CC1=O. The largest absolute Gasteiger partial charge is 0.342 e. The van der Waals surface area contributed by atoms with Crippen LogP contribution in [-0.4, -0.2) is 71.7 Å². The minimum atomic E-state index is -1.68. The molecule has 2 heterocycles. The van der Waals surface area contributed by atoms with Crippen LogP contribution in [-0.2, 0) is 9.59 Å². The van der Waals surface area contributed by atoms with E-state index in [1.54, 1.807) is 9.80 Å². The van der Waals surface area contributed by atoms with Crippen LogP contribution in [0.4, 0.5) is 13.2 Å². The Morgan fingerprint density at radius 2 is 1.68 bits per heavy atom. The molecule has 0 spiro atoms. The number of hydrogen-bond donors (Lipinski definition) is 0. The van der Waals surface area contributed by atoms with Crippen LogP contribution in [0.1, 0.15) is 30.1 Å². The number of likely N-dealkylation sites (tertiary alicyclic amines) is 1. The van der Waals surface area contributed by atoms with Gasteiger partial charge < -0.3 is 14.7 Å². The lowest BCUT2D eigenvalue weighted by molar-refractivity contribution is -0.137. The van der Waals surface area contributed by atoms with E-state index in [0.717, 1.165) is 12.5 Å². The zero-order valence-electron chi connectivity index (χ0n) is 15.6. The molecular formula is C19H22F3N3O3. The van der Waals surface area contributed by atoms with E-state index in [9.17, 15) is 27.6 Å². The minimum absolute atomic E-state index is 0.0252. The van der Waals surface area contributed by atoms with Crippen molar-refractivity contribution in [1.29, 1.82) is 0 Å². The van der Waals surface area contributed by atoms with Crippen molar-refractivity contribution in [2.75, 3.05) is 39.3 Å². The lowest BCUT2D eigenvalue weighted by Crippen LogP contribution is -2.52. The van der Waals surface area contributed by atoms with Crippen molar-refractivity contribution in [3.05, 3.63) is 35.1 Å². The van der Waals surface area contributed by atoms with Crippen molar-refractivity contribution >= 4 is 17.7 Å². The van der Waals surface area contributed by atoms with Crippen LogP contribution in [0.15, 0.2) is 12.1 Å². The number of carbonyl (C=O) groups excluding carboxylic acids is 3. The Balaban J connectivity index is 1.59. The molecule has 9 heteroatoms. The van der Waals surface area contributed by atoms with Crippen LogP contribution in [0.3, 0.4) is 0 Å². The fourth-order valence-electron chi connectivity index (χ4n) is 3.67. The maximum Gasteiger partial charge on any atom is 0.257 e. The average molecular weight is 397 g/mol. The molecule has 0 bridgehead atoms. The van der Waals surface area contributed by atoms with Crippen molar-refractivity contribution in [3.63, 3.8) is 0 Å². The summed E-state index contributed by atoms with van der Waals surface area (Å²) in [6.07, 6.45) is 1.02. The Hall–Kier alpha value is -2.58. The Kier molecular flexibility index (Phi) is 5.90. The molecule has 1 aromatic carbocycles. The molecule has 152 valence electrons. The first kappa shape index (κ1) is 20.2. The molecule has 3 rings (SSSR count). The molecule has 3 amide bonds. The molecule has 0 aromatic heterocycles. The van der Waals surface area contributed by atoms with Gasteiger partial charge in [-0.3, -0.25) is 14.4 Å². The number of rotatable bonds is 4. The summed E-state index contributed by atoms with van der Waals surface area (Å²) in [5, 5.41) is 0. The number of benzene rings is 1. The third-order valence-corrected chi connectivity index (χ3v) is 5.20. The first-order chi connectivity index (χ1) is 13.3. The first-order valence-corrected chi connectivity index (χ1v) is 9.32. The lowest BCUT2D eigenvalue weighted by atomic mass is 10.1. The van der Waals surface area contributed by atoms with E-state index in [0.29, 0.717) is 19.2 Å². The normalized spacial score (nSPS) is 20.1. The third kappa shape index (κ3) is 3.83. The summed E-state index contributed by atoms with van der Waals surface area (Å²) in [6.45, 7) is 3.80. The predicted molar refractivity (Wildman–Crippen MR) is 93.8 cm³/mol. The van der Waals surface area contributed by atoms with E-state index < -0.39 is 28.9 Å². The molecule has 2 fully saturated rings. The second-order valence-electron chi connectivity index (χ2n) is 7.08. The van der Waals surface area contributed by atoms with Crippen LogP contribution in [0.5, 0.6) is 0 Å². The van der Waals surface area contributed by atoms with Gasteiger partial charge >= 0.3 is 0 Å². The van der Waals surface area contributed by atoms with Gasteiger partial charge in [-0.15, -0.1) is 0 Å². The molecular weight excluding hydrogens is 375 g/mol. The van der Waals surface area contributed by atoms with Gasteiger partial charge in [0.1, 0.15) is 0 Å². The molecule has 0 saturated carbocycles. The highest BCUT2D eigenvalue weighted by Gasteiger charge is 2.37. The summed E-state index contributed by atoms with van der Waals surface area (Å²) in [6, 6.07) is 1.63. The second-order valence-corrected chi connectivity index (χ2v) is 7.08. The van der Waals surface area contributed by atoms with Crippen LogP contribution in [0.2, 0.25) is 0 Å². The molecule has 2 aliphatic rings. The lowest BCUT2D eigenvalue weighted by Gasteiger charge is -2.36. The number of hydrogen-bond acceptors (Lipinski definition) is 3. The summed E-state index contributed by atoms with van der Waals surface area (Å²) in [7, 11) is 0. The minimum Gasteiger partial charge on any atom is -0.342 e. The fourth-order valence-corrected chi connectivity index (χ4v) is 3.67. The summed E-state index contributed by atoms with van der Waals surface area (Å²) in [5.74, 6) is -5.82. The number of piperazine rings is 1. The van der Waals surface area contributed by atoms with Gasteiger partial charge in [0.2, 0.25) is 11.8 Å². The summed E-state index contributed by atoms with van der Waals surface area (Å²) in [5.41, 5.74) is -0.532. The van der Waals surface area contributed by atoms with Gasteiger partial charge in [-0.1, -0.05) is 6.92 Å². The standard InChI is InChI=1S/C19H22F3N3O3/c1-2-5-25-11-12(10-15(25)26)18(27)23-6-8-24(9-7-23)19(28)13-3-4-14(20)17(22)16(13)21/h3-4,12H,2,5-11H2,1H3. The summed E-state index contributed by atoms with van der Waals surface area (Å²) in [4.78, 5) is 41.6. The molecule has 0 N–H and O–H groups in total. The van der Waals surface area contributed by atoms with Crippen molar-refractivity contribution in [3.8, 4) is 0 Å². The Labute approximate surface area is 160 Å². The molecule has 1 unspecified atom stereocenters. The topological polar surface area (TPSA) is 60.9 Å². The van der Waals surface area contributed by atoms with Gasteiger partial charge in [-0.2, -0.15) is 0 Å². The van der Waals surface area contributed by atoms with Crippen molar-refractivity contribution in [2.45, 2.75) is 19.8 Å². The van der Waals surface area contributed by atoms with Crippen molar-refractivity contribution < 1.29 is 27.6 Å². The highest BCUT2D eigenvalue weighted by molar-refractivity contribution is 5.95. The van der Waals surface area contributed by atoms with E-state index in [-0.39, 0.29) is 50.3 Å². The number of amides is 3. The van der Waals surface area contributed by atoms with Crippen molar-refractivity contribution in [1.82, 2.24) is 14.7 Å². The molecule has 0 radical (unpaired) electrons. The van der Waals surface area contributed by atoms with Crippen molar-refractivity contribution in [2.24, 2.45) is 5.92 Å². The van der Waals surface area contributed by atoms with E-state index in [4.69, 9.17) is 0 Å². The molecule has 2 saturated heterocycles. The zero-order valence-corrected chi connectivity index (χ0v) is 15.6. The van der Waals surface area contributed by atoms with E-state index >= 15 is 0 Å². The predicted octanol–water partition coefficient (Wildman–Crippen LogP) is 1.65. The Morgan fingerprint density at radius 3 is 2.32 bits per heavy atom. The molecule has 6 nitrogen and oxygen atoms in total. The first-order valence-electron chi connectivity index (χ1n) is 9.32. The van der Waals surface area contributed by atoms with Crippen LogP contribution < -0.4 is 0 Å². The molecule has 1 atom stereocenters. The molecule has 1 aromatic rings. The van der Waals surface area contributed by atoms with E-state index in [1.165, 1.54) is 4.90 Å². The third-order valence-electron chi connectivity index (χ3n) is 5.20. The van der Waals surface area contributed by atoms with E-state index in [2.05, 4.69) is 0 Å². The van der Waals surface area contributed by atoms with Gasteiger partial charge in [-0.05, 0) is 18.6 Å². The van der Waals surface area contributed by atoms with E-state index in [1.807, 2.05) is 6.92 Å². The fraction of sp³-hybridized carbons (Fsp3) is 0.526.